The largest absolute Gasteiger partial charge is 0.493 e. The zero-order chi connectivity index (χ0) is 24.4. The Kier molecular flexibility index (Phi) is 6.28. The van der Waals surface area contributed by atoms with Gasteiger partial charge in [0.1, 0.15) is 6.54 Å². The summed E-state index contributed by atoms with van der Waals surface area (Å²) >= 11 is 1.60. The van der Waals surface area contributed by atoms with Crippen LogP contribution in [0.15, 0.2) is 65.1 Å². The predicted octanol–water partition coefficient (Wildman–Crippen LogP) is 4.11. The van der Waals surface area contributed by atoms with Crippen LogP contribution in [-0.4, -0.2) is 51.1 Å². The first kappa shape index (κ1) is 22.7. The number of methoxy groups -OCH3 is 2. The molecule has 4 aromatic rings. The van der Waals surface area contributed by atoms with Gasteiger partial charge in [-0.2, -0.15) is 9.90 Å². The molecular weight excluding hydrogens is 464 g/mol. The van der Waals surface area contributed by atoms with E-state index in [1.165, 1.54) is 9.81 Å². The zero-order valence-electron chi connectivity index (χ0n) is 19.6. The Morgan fingerprint density at radius 1 is 1.09 bits per heavy atom. The van der Waals surface area contributed by atoms with Crippen molar-refractivity contribution in [2.45, 2.75) is 25.9 Å². The van der Waals surface area contributed by atoms with Crippen LogP contribution in [0.4, 0.5) is 0 Å². The Balaban J connectivity index is 1.42. The summed E-state index contributed by atoms with van der Waals surface area (Å²) in [5.74, 6) is 1.47. The molecule has 1 aliphatic heterocycles. The summed E-state index contributed by atoms with van der Waals surface area (Å²) in [4.78, 5) is 15.8. The van der Waals surface area contributed by atoms with Crippen LogP contribution in [0.2, 0.25) is 0 Å². The first-order chi connectivity index (χ1) is 17.1. The molecule has 0 radical (unpaired) electrons. The summed E-state index contributed by atoms with van der Waals surface area (Å²) in [5.41, 5.74) is 3.75. The third kappa shape index (κ3) is 4.65. The SMILES string of the molecule is COc1ccc(C2CC(c3cccs3)=NN2C(=O)Cn2nnc(-c3ccc(C)cc3)n2)cc1OC. The maximum atomic E-state index is 13.4. The van der Waals surface area contributed by atoms with Crippen LogP contribution in [0.3, 0.4) is 0 Å². The van der Waals surface area contributed by atoms with Gasteiger partial charge in [-0.1, -0.05) is 42.0 Å². The third-order valence-corrected chi connectivity index (χ3v) is 6.72. The molecule has 10 heteroatoms. The Hall–Kier alpha value is -4.05. The van der Waals surface area contributed by atoms with Gasteiger partial charge in [-0.3, -0.25) is 4.79 Å². The van der Waals surface area contributed by atoms with E-state index in [4.69, 9.17) is 14.6 Å². The molecule has 0 bridgehead atoms. The van der Waals surface area contributed by atoms with Crippen LogP contribution in [-0.2, 0) is 11.3 Å². The molecule has 9 nitrogen and oxygen atoms in total. The molecule has 2 aromatic carbocycles. The number of thiophene rings is 1. The first-order valence-corrected chi connectivity index (χ1v) is 11.9. The zero-order valence-corrected chi connectivity index (χ0v) is 20.4. The number of aromatic nitrogens is 4. The number of hydrogen-bond donors (Lipinski definition) is 0. The molecule has 0 fully saturated rings. The standard InChI is InChI=1S/C25H24N6O3S/c1-16-6-8-17(9-7-16)25-26-29-30(28-25)15-24(32)31-20(14-19(27-31)23-5-4-12-35-23)18-10-11-21(33-2)22(13-18)34-3/h4-13,20H,14-15H2,1-3H3. The van der Waals surface area contributed by atoms with Gasteiger partial charge in [0, 0.05) is 12.0 Å². The fraction of sp³-hybridized carbons (Fsp3) is 0.240. The smallest absolute Gasteiger partial charge is 0.266 e. The monoisotopic (exact) mass is 488 g/mol. The fourth-order valence-electron chi connectivity index (χ4n) is 3.97. The van der Waals surface area contributed by atoms with Crippen LogP contribution in [0.1, 0.15) is 28.5 Å². The average molecular weight is 489 g/mol. The average Bonchev–Trinajstić information content (AvgIpc) is 3.64. The lowest BCUT2D eigenvalue weighted by molar-refractivity contribution is -0.134. The van der Waals surface area contributed by atoms with Crippen molar-refractivity contribution < 1.29 is 14.3 Å². The summed E-state index contributed by atoms with van der Waals surface area (Å²) in [6.07, 6.45) is 0.584. The van der Waals surface area contributed by atoms with Crippen LogP contribution in [0.5, 0.6) is 11.5 Å². The van der Waals surface area contributed by atoms with Crippen molar-refractivity contribution in [3.63, 3.8) is 0 Å². The van der Waals surface area contributed by atoms with Crippen LogP contribution < -0.4 is 9.47 Å². The number of benzene rings is 2. The van der Waals surface area contributed by atoms with Crippen molar-refractivity contribution in [1.29, 1.82) is 0 Å². The first-order valence-electron chi connectivity index (χ1n) is 11.1. The number of aryl methyl sites for hydroxylation is 1. The molecule has 1 atom stereocenters. The van der Waals surface area contributed by atoms with E-state index in [9.17, 15) is 4.79 Å². The highest BCUT2D eigenvalue weighted by atomic mass is 32.1. The molecule has 1 amide bonds. The lowest BCUT2D eigenvalue weighted by atomic mass is 10.0. The molecule has 178 valence electrons. The highest BCUT2D eigenvalue weighted by molar-refractivity contribution is 7.12. The number of nitrogens with zero attached hydrogens (tertiary/aromatic N) is 6. The Morgan fingerprint density at radius 3 is 2.60 bits per heavy atom. The molecule has 35 heavy (non-hydrogen) atoms. The van der Waals surface area contributed by atoms with E-state index < -0.39 is 0 Å². The van der Waals surface area contributed by atoms with E-state index in [1.807, 2.05) is 66.9 Å². The number of rotatable bonds is 7. The third-order valence-electron chi connectivity index (χ3n) is 5.80. The van der Waals surface area contributed by atoms with E-state index in [0.29, 0.717) is 23.7 Å². The van der Waals surface area contributed by atoms with E-state index >= 15 is 0 Å². The number of amides is 1. The molecule has 0 aliphatic carbocycles. The highest BCUT2D eigenvalue weighted by Gasteiger charge is 2.34. The van der Waals surface area contributed by atoms with Gasteiger partial charge in [0.15, 0.2) is 11.5 Å². The van der Waals surface area contributed by atoms with E-state index in [-0.39, 0.29) is 18.5 Å². The molecule has 1 aliphatic rings. The van der Waals surface area contributed by atoms with Crippen LogP contribution in [0, 0.1) is 6.92 Å². The number of carbonyl (C=O) groups is 1. The molecule has 0 saturated carbocycles. The molecule has 0 N–H and O–H groups in total. The maximum Gasteiger partial charge on any atom is 0.266 e. The van der Waals surface area contributed by atoms with Gasteiger partial charge < -0.3 is 9.47 Å². The number of ether oxygens (including phenoxy) is 2. The highest BCUT2D eigenvalue weighted by Crippen LogP contribution is 2.38. The van der Waals surface area contributed by atoms with Crippen molar-refractivity contribution in [3.8, 4) is 22.9 Å². The summed E-state index contributed by atoms with van der Waals surface area (Å²) in [6.45, 7) is 1.94. The van der Waals surface area contributed by atoms with Crippen molar-refractivity contribution in [2.75, 3.05) is 14.2 Å². The second-order valence-electron chi connectivity index (χ2n) is 8.11. The number of hydrazone groups is 1. The molecule has 5 rings (SSSR count). The fourth-order valence-corrected chi connectivity index (χ4v) is 4.69. The molecule has 2 aromatic heterocycles. The van der Waals surface area contributed by atoms with Gasteiger partial charge >= 0.3 is 0 Å². The van der Waals surface area contributed by atoms with E-state index in [2.05, 4.69) is 15.4 Å². The van der Waals surface area contributed by atoms with E-state index in [0.717, 1.165) is 27.3 Å². The number of carbonyl (C=O) groups excluding carboxylic acids is 1. The predicted molar refractivity (Wildman–Crippen MR) is 133 cm³/mol. The van der Waals surface area contributed by atoms with Crippen molar-refractivity contribution in [1.82, 2.24) is 25.2 Å². The number of hydrogen-bond acceptors (Lipinski definition) is 8. The molecule has 0 spiro atoms. The molecule has 0 saturated heterocycles. The van der Waals surface area contributed by atoms with Crippen molar-refractivity contribution in [2.24, 2.45) is 5.10 Å². The molecule has 3 heterocycles. The van der Waals surface area contributed by atoms with Gasteiger partial charge in [0.2, 0.25) is 5.82 Å². The summed E-state index contributed by atoms with van der Waals surface area (Å²) in [7, 11) is 3.19. The van der Waals surface area contributed by atoms with Gasteiger partial charge in [0.05, 0.1) is 30.9 Å². The normalized spacial score (nSPS) is 15.2. The van der Waals surface area contributed by atoms with Crippen molar-refractivity contribution in [3.05, 3.63) is 76.0 Å². The lowest BCUT2D eigenvalue weighted by Crippen LogP contribution is -2.31. The Labute approximate surface area is 206 Å². The second-order valence-corrected chi connectivity index (χ2v) is 9.05. The summed E-state index contributed by atoms with van der Waals surface area (Å²) < 4.78 is 10.9. The van der Waals surface area contributed by atoms with Gasteiger partial charge in [-0.15, -0.1) is 21.5 Å². The van der Waals surface area contributed by atoms with Crippen LogP contribution in [0.25, 0.3) is 11.4 Å². The minimum absolute atomic E-state index is 0.0795. The number of tetrazole rings is 1. The van der Waals surface area contributed by atoms with Gasteiger partial charge in [-0.25, -0.2) is 5.01 Å². The lowest BCUT2D eigenvalue weighted by Gasteiger charge is -2.22. The minimum Gasteiger partial charge on any atom is -0.493 e. The van der Waals surface area contributed by atoms with Gasteiger partial charge in [0.25, 0.3) is 5.91 Å². The topological polar surface area (TPSA) is 94.7 Å². The summed E-state index contributed by atoms with van der Waals surface area (Å²) in [6, 6.07) is 17.2. The summed E-state index contributed by atoms with van der Waals surface area (Å²) in [5, 5.41) is 20.8. The molecular formula is C25H24N6O3S. The van der Waals surface area contributed by atoms with Gasteiger partial charge in [-0.05, 0) is 41.3 Å². The van der Waals surface area contributed by atoms with Crippen molar-refractivity contribution >= 4 is 23.0 Å². The minimum atomic E-state index is -0.292. The maximum absolute atomic E-state index is 13.4. The molecule has 1 unspecified atom stereocenters. The van der Waals surface area contributed by atoms with Crippen LogP contribution >= 0.6 is 11.3 Å². The quantitative estimate of drug-likeness (QED) is 0.389. The second kappa shape index (κ2) is 9.67. The Bertz CT molecular complexity index is 1360. The Morgan fingerprint density at radius 2 is 1.89 bits per heavy atom. The van der Waals surface area contributed by atoms with E-state index in [1.54, 1.807) is 25.6 Å².